The zero-order valence-corrected chi connectivity index (χ0v) is 18.1. The molecular weight excluding hydrogens is 346 g/mol. The van der Waals surface area contributed by atoms with E-state index >= 15 is 0 Å². The summed E-state index contributed by atoms with van der Waals surface area (Å²) in [6, 6.07) is 15.2. The molecule has 2 aromatic carbocycles. The van der Waals surface area contributed by atoms with Gasteiger partial charge in [0.15, 0.2) is 5.78 Å². The van der Waals surface area contributed by atoms with Crippen LogP contribution in [0.25, 0.3) is 11.1 Å². The smallest absolute Gasteiger partial charge is 0.158 e. The molecule has 150 valence electrons. The molecule has 0 amide bonds. The molecule has 0 radical (unpaired) electrons. The first-order valence-corrected chi connectivity index (χ1v) is 10.3. The first-order chi connectivity index (χ1) is 13.2. The van der Waals surface area contributed by atoms with Gasteiger partial charge in [0.05, 0.1) is 12.6 Å². The fraction of sp³-hybridized carbons (Fsp3) is 0.480. The predicted molar refractivity (Wildman–Crippen MR) is 116 cm³/mol. The number of rotatable bonds is 7. The molecule has 0 heterocycles. The largest absolute Gasteiger partial charge is 0.497 e. The maximum Gasteiger partial charge on any atom is 0.158 e. The molecule has 0 spiro atoms. The molecule has 1 fully saturated rings. The van der Waals surface area contributed by atoms with Crippen LogP contribution in [0.1, 0.15) is 52.2 Å². The first kappa shape index (κ1) is 20.6. The molecule has 1 saturated carbocycles. The van der Waals surface area contributed by atoms with E-state index in [1.165, 1.54) is 22.3 Å². The number of hydrogen-bond acceptors (Lipinski definition) is 3. The third-order valence-corrected chi connectivity index (χ3v) is 5.82. The third-order valence-electron chi connectivity index (χ3n) is 5.82. The van der Waals surface area contributed by atoms with Gasteiger partial charge in [-0.25, -0.2) is 0 Å². The quantitative estimate of drug-likeness (QED) is 0.718. The highest BCUT2D eigenvalue weighted by Gasteiger charge is 2.58. The van der Waals surface area contributed by atoms with Gasteiger partial charge in [0.1, 0.15) is 5.75 Å². The molecule has 3 nitrogen and oxygen atoms in total. The molecular formula is C25H33NO2. The summed E-state index contributed by atoms with van der Waals surface area (Å²) in [6.07, 6.45) is 2.59. The normalized spacial score (nSPS) is 20.9. The first-order valence-electron chi connectivity index (χ1n) is 10.3. The highest BCUT2D eigenvalue weighted by atomic mass is 16.5. The van der Waals surface area contributed by atoms with E-state index in [9.17, 15) is 4.79 Å². The summed E-state index contributed by atoms with van der Waals surface area (Å²) in [5.74, 6) is 1.23. The van der Waals surface area contributed by atoms with Crippen LogP contribution < -0.4 is 10.1 Å². The monoisotopic (exact) mass is 379 g/mol. The lowest BCUT2D eigenvalue weighted by atomic mass is 9.56. The van der Waals surface area contributed by atoms with Gasteiger partial charge in [-0.1, -0.05) is 51.1 Å². The molecule has 0 bridgehead atoms. The lowest BCUT2D eigenvalue weighted by molar-refractivity contribution is -0.149. The number of methoxy groups -OCH3 is 1. The van der Waals surface area contributed by atoms with Gasteiger partial charge in [-0.3, -0.25) is 4.79 Å². The van der Waals surface area contributed by atoms with E-state index in [2.05, 4.69) is 76.3 Å². The van der Waals surface area contributed by atoms with Crippen molar-refractivity contribution in [2.24, 2.45) is 5.41 Å². The van der Waals surface area contributed by atoms with Crippen LogP contribution in [0.3, 0.4) is 0 Å². The van der Waals surface area contributed by atoms with Gasteiger partial charge in [-0.2, -0.15) is 0 Å². The maximum atomic E-state index is 12.9. The lowest BCUT2D eigenvalue weighted by Crippen LogP contribution is -2.70. The van der Waals surface area contributed by atoms with E-state index < -0.39 is 5.54 Å². The third kappa shape index (κ3) is 3.86. The Labute approximate surface area is 169 Å². The summed E-state index contributed by atoms with van der Waals surface area (Å²) < 4.78 is 5.36. The molecule has 0 aliphatic heterocycles. The number of nitrogens with one attached hydrogen (secondary N) is 1. The number of ketones is 1. The highest BCUT2D eigenvalue weighted by molar-refractivity contribution is 5.99. The fourth-order valence-corrected chi connectivity index (χ4v) is 4.74. The van der Waals surface area contributed by atoms with Crippen molar-refractivity contribution in [1.82, 2.24) is 5.32 Å². The standard InChI is InChI=1S/C25H33NO2/c1-7-19-14-21(28-6)12-13-22(19)20-10-8-18(9-11-20)15-25(26-17(2)3)16-24(4,5)23(25)27/h8-14,17,26H,7,15-16H2,1-6H3. The van der Waals surface area contributed by atoms with Gasteiger partial charge in [0.2, 0.25) is 0 Å². The van der Waals surface area contributed by atoms with Crippen LogP contribution in [0.2, 0.25) is 0 Å². The topological polar surface area (TPSA) is 38.3 Å². The van der Waals surface area contributed by atoms with Crippen molar-refractivity contribution in [3.05, 3.63) is 53.6 Å². The zero-order valence-electron chi connectivity index (χ0n) is 18.1. The molecule has 2 aromatic rings. The number of carbonyl (C=O) groups excluding carboxylic acids is 1. The minimum absolute atomic E-state index is 0.221. The summed E-state index contributed by atoms with van der Waals surface area (Å²) in [7, 11) is 1.70. The number of ether oxygens (including phenoxy) is 1. The fourth-order valence-electron chi connectivity index (χ4n) is 4.74. The van der Waals surface area contributed by atoms with Crippen molar-refractivity contribution >= 4 is 5.78 Å². The van der Waals surface area contributed by atoms with Crippen LogP contribution in [0.15, 0.2) is 42.5 Å². The Kier molecular flexibility index (Phi) is 5.67. The molecule has 0 aromatic heterocycles. The average molecular weight is 380 g/mol. The van der Waals surface area contributed by atoms with Crippen LogP contribution in [0.5, 0.6) is 5.75 Å². The van der Waals surface area contributed by atoms with Crippen LogP contribution >= 0.6 is 0 Å². The Balaban J connectivity index is 1.84. The van der Waals surface area contributed by atoms with Crippen molar-refractivity contribution in [2.75, 3.05) is 7.11 Å². The van der Waals surface area contributed by atoms with E-state index in [0.29, 0.717) is 5.78 Å². The van der Waals surface area contributed by atoms with Crippen LogP contribution in [0, 0.1) is 5.41 Å². The summed E-state index contributed by atoms with van der Waals surface area (Å²) in [6.45, 7) is 10.5. The minimum Gasteiger partial charge on any atom is -0.497 e. The Morgan fingerprint density at radius 2 is 1.79 bits per heavy atom. The van der Waals surface area contributed by atoms with Crippen molar-refractivity contribution < 1.29 is 9.53 Å². The van der Waals surface area contributed by atoms with Crippen molar-refractivity contribution in [1.29, 1.82) is 0 Å². The Morgan fingerprint density at radius 1 is 1.11 bits per heavy atom. The lowest BCUT2D eigenvalue weighted by Gasteiger charge is -2.52. The van der Waals surface area contributed by atoms with Crippen molar-refractivity contribution in [3.63, 3.8) is 0 Å². The van der Waals surface area contributed by atoms with E-state index in [1.54, 1.807) is 7.11 Å². The molecule has 28 heavy (non-hydrogen) atoms. The number of aryl methyl sites for hydroxylation is 1. The predicted octanol–water partition coefficient (Wildman–Crippen LogP) is 5.20. The van der Waals surface area contributed by atoms with Gasteiger partial charge < -0.3 is 10.1 Å². The van der Waals surface area contributed by atoms with E-state index in [-0.39, 0.29) is 11.5 Å². The van der Waals surface area contributed by atoms with Crippen molar-refractivity contribution in [3.8, 4) is 16.9 Å². The molecule has 3 rings (SSSR count). The molecule has 1 aliphatic rings. The SMILES string of the molecule is CCc1cc(OC)ccc1-c1ccc(CC2(NC(C)C)CC(C)(C)C2=O)cc1. The summed E-state index contributed by atoms with van der Waals surface area (Å²) in [5.41, 5.74) is 4.28. The van der Waals surface area contributed by atoms with E-state index in [0.717, 1.165) is 25.0 Å². The summed E-state index contributed by atoms with van der Waals surface area (Å²) in [4.78, 5) is 12.9. The number of carbonyl (C=O) groups is 1. The second-order valence-electron chi connectivity index (χ2n) is 9.02. The second-order valence-corrected chi connectivity index (χ2v) is 9.02. The number of hydrogen-bond donors (Lipinski definition) is 1. The van der Waals surface area contributed by atoms with Gasteiger partial charge in [0, 0.05) is 11.5 Å². The summed E-state index contributed by atoms with van der Waals surface area (Å²) >= 11 is 0. The molecule has 1 unspecified atom stereocenters. The van der Waals surface area contributed by atoms with Crippen LogP contribution in [-0.2, 0) is 17.6 Å². The Bertz CT molecular complexity index is 847. The van der Waals surface area contributed by atoms with Gasteiger partial charge in [-0.15, -0.1) is 0 Å². The van der Waals surface area contributed by atoms with E-state index in [4.69, 9.17) is 4.74 Å². The Morgan fingerprint density at radius 3 is 2.29 bits per heavy atom. The zero-order chi connectivity index (χ0) is 20.5. The minimum atomic E-state index is -0.423. The molecule has 1 aliphatic carbocycles. The Hall–Kier alpha value is -2.13. The average Bonchev–Trinajstić information content (AvgIpc) is 2.66. The molecule has 3 heteroatoms. The number of benzene rings is 2. The number of Topliss-reactive ketones (excluding diaryl/α,β-unsaturated/α-hetero) is 1. The van der Waals surface area contributed by atoms with Gasteiger partial charge in [-0.05, 0) is 67.5 Å². The highest BCUT2D eigenvalue weighted by Crippen LogP contribution is 2.46. The van der Waals surface area contributed by atoms with E-state index in [1.807, 2.05) is 6.07 Å². The van der Waals surface area contributed by atoms with Gasteiger partial charge >= 0.3 is 0 Å². The summed E-state index contributed by atoms with van der Waals surface area (Å²) in [5, 5.41) is 3.56. The maximum absolute atomic E-state index is 12.9. The molecule has 1 N–H and O–H groups in total. The van der Waals surface area contributed by atoms with Gasteiger partial charge in [0.25, 0.3) is 0 Å². The van der Waals surface area contributed by atoms with Crippen LogP contribution in [0.4, 0.5) is 0 Å². The second kappa shape index (κ2) is 7.71. The molecule has 1 atom stereocenters. The molecule has 0 saturated heterocycles. The van der Waals surface area contributed by atoms with Crippen LogP contribution in [-0.4, -0.2) is 24.5 Å². The van der Waals surface area contributed by atoms with Crippen molar-refractivity contribution in [2.45, 2.75) is 65.5 Å².